The number of unbranched alkanes of at least 4 members (excludes halogenated alkanes) is 3. The summed E-state index contributed by atoms with van der Waals surface area (Å²) in [6.07, 6.45) is 6.86. The number of carbonyl (C=O) groups excluding carboxylic acids is 1. The molecule has 2 aromatic rings. The molecular formula is C23H29NO. The van der Waals surface area contributed by atoms with Gasteiger partial charge in [-0.15, -0.1) is 0 Å². The number of carbonyl (C=O) groups is 1. The first kappa shape index (κ1) is 19.1. The van der Waals surface area contributed by atoms with E-state index in [4.69, 9.17) is 4.99 Å². The highest BCUT2D eigenvalue weighted by Gasteiger charge is 2.06. The molecule has 132 valence electrons. The summed E-state index contributed by atoms with van der Waals surface area (Å²) in [6, 6.07) is 20.5. The largest absolute Gasteiger partial charge is 0.300 e. The van der Waals surface area contributed by atoms with Crippen molar-refractivity contribution in [3.8, 4) is 0 Å². The van der Waals surface area contributed by atoms with Crippen LogP contribution in [0.15, 0.2) is 65.7 Å². The van der Waals surface area contributed by atoms with Crippen LogP contribution in [-0.4, -0.2) is 18.0 Å². The summed E-state index contributed by atoms with van der Waals surface area (Å²) in [6.45, 7) is 2.89. The number of aliphatic imine (C=N–C) groups is 1. The molecule has 2 nitrogen and oxygen atoms in total. The molecule has 0 aliphatic carbocycles. The van der Waals surface area contributed by atoms with Crippen molar-refractivity contribution in [3.63, 3.8) is 0 Å². The van der Waals surface area contributed by atoms with Crippen LogP contribution in [0.3, 0.4) is 0 Å². The summed E-state index contributed by atoms with van der Waals surface area (Å²) in [7, 11) is 0. The van der Waals surface area contributed by atoms with Gasteiger partial charge in [0.2, 0.25) is 0 Å². The fraction of sp³-hybridized carbons (Fsp3) is 0.391. The van der Waals surface area contributed by atoms with Crippen molar-refractivity contribution in [1.29, 1.82) is 0 Å². The lowest BCUT2D eigenvalue weighted by atomic mass is 10.0. The molecule has 0 N–H and O–H groups in total. The predicted octanol–water partition coefficient (Wildman–Crippen LogP) is 5.84. The topological polar surface area (TPSA) is 29.4 Å². The highest BCUT2D eigenvalue weighted by Crippen LogP contribution is 2.12. The van der Waals surface area contributed by atoms with E-state index in [9.17, 15) is 4.79 Å². The van der Waals surface area contributed by atoms with E-state index in [-0.39, 0.29) is 0 Å². The van der Waals surface area contributed by atoms with Gasteiger partial charge in [0.05, 0.1) is 5.71 Å². The van der Waals surface area contributed by atoms with E-state index < -0.39 is 0 Å². The van der Waals surface area contributed by atoms with Crippen LogP contribution in [0.25, 0.3) is 0 Å². The van der Waals surface area contributed by atoms with Crippen LogP contribution in [0.4, 0.5) is 0 Å². The van der Waals surface area contributed by atoms with E-state index >= 15 is 0 Å². The van der Waals surface area contributed by atoms with Gasteiger partial charge in [0.25, 0.3) is 0 Å². The van der Waals surface area contributed by atoms with Crippen LogP contribution in [-0.2, 0) is 4.79 Å². The number of ketones is 1. The molecule has 0 aliphatic heterocycles. The fourth-order valence-electron chi connectivity index (χ4n) is 2.88. The van der Waals surface area contributed by atoms with E-state index in [1.165, 1.54) is 19.3 Å². The first-order chi connectivity index (χ1) is 12.3. The third-order valence-corrected chi connectivity index (χ3v) is 4.29. The predicted molar refractivity (Wildman–Crippen MR) is 106 cm³/mol. The molecule has 0 bridgehead atoms. The van der Waals surface area contributed by atoms with E-state index in [1.54, 1.807) is 0 Å². The third-order valence-electron chi connectivity index (χ3n) is 4.29. The van der Waals surface area contributed by atoms with Crippen LogP contribution < -0.4 is 0 Å². The number of Topliss-reactive ketones (excluding diaryl/α,β-unsaturated/α-hetero) is 1. The van der Waals surface area contributed by atoms with Gasteiger partial charge in [0.1, 0.15) is 5.78 Å². The standard InChI is InChI=1S/C23H29NO/c1-2-3-4-11-17-22(25)18-12-19-24-23(20-13-7-5-8-14-20)21-15-9-6-10-16-21/h5-10,13-16H,2-4,11-12,17-19H2,1H3. The van der Waals surface area contributed by atoms with Crippen molar-refractivity contribution in [2.45, 2.75) is 51.9 Å². The van der Waals surface area contributed by atoms with Crippen LogP contribution >= 0.6 is 0 Å². The van der Waals surface area contributed by atoms with Crippen molar-refractivity contribution in [3.05, 3.63) is 71.8 Å². The molecular weight excluding hydrogens is 306 g/mol. The summed E-state index contributed by atoms with van der Waals surface area (Å²) < 4.78 is 0. The molecule has 0 spiro atoms. The minimum atomic E-state index is 0.382. The molecule has 2 aromatic carbocycles. The van der Waals surface area contributed by atoms with Crippen LogP contribution in [0.5, 0.6) is 0 Å². The molecule has 0 aliphatic rings. The minimum Gasteiger partial charge on any atom is -0.300 e. The van der Waals surface area contributed by atoms with E-state index in [0.717, 1.165) is 36.1 Å². The first-order valence-electron chi connectivity index (χ1n) is 9.48. The monoisotopic (exact) mass is 335 g/mol. The van der Waals surface area contributed by atoms with Crippen molar-refractivity contribution in [2.75, 3.05) is 6.54 Å². The zero-order valence-corrected chi connectivity index (χ0v) is 15.3. The minimum absolute atomic E-state index is 0.382. The summed E-state index contributed by atoms with van der Waals surface area (Å²) in [4.78, 5) is 16.8. The maximum Gasteiger partial charge on any atom is 0.132 e. The van der Waals surface area contributed by atoms with Gasteiger partial charge in [0, 0.05) is 30.5 Å². The average molecular weight is 335 g/mol. The normalized spacial score (nSPS) is 10.4. The van der Waals surface area contributed by atoms with Gasteiger partial charge in [-0.3, -0.25) is 9.79 Å². The maximum atomic E-state index is 11.9. The lowest BCUT2D eigenvalue weighted by Gasteiger charge is -2.07. The van der Waals surface area contributed by atoms with Gasteiger partial charge in [0.15, 0.2) is 0 Å². The molecule has 2 heteroatoms. The van der Waals surface area contributed by atoms with Crippen LogP contribution in [0.1, 0.15) is 63.0 Å². The third kappa shape index (κ3) is 7.04. The van der Waals surface area contributed by atoms with Gasteiger partial charge in [-0.2, -0.15) is 0 Å². The van der Waals surface area contributed by atoms with Crippen molar-refractivity contribution >= 4 is 11.5 Å². The zero-order chi connectivity index (χ0) is 17.7. The molecule has 0 heterocycles. The van der Waals surface area contributed by atoms with Crippen molar-refractivity contribution in [2.24, 2.45) is 4.99 Å². The molecule has 0 unspecified atom stereocenters. The van der Waals surface area contributed by atoms with Crippen molar-refractivity contribution < 1.29 is 4.79 Å². The quantitative estimate of drug-likeness (QED) is 0.374. The first-order valence-corrected chi connectivity index (χ1v) is 9.48. The molecule has 0 radical (unpaired) electrons. The van der Waals surface area contributed by atoms with Crippen LogP contribution in [0.2, 0.25) is 0 Å². The molecule has 25 heavy (non-hydrogen) atoms. The Morgan fingerprint density at radius 3 is 1.88 bits per heavy atom. The van der Waals surface area contributed by atoms with E-state index in [2.05, 4.69) is 31.2 Å². The van der Waals surface area contributed by atoms with Crippen LogP contribution in [0, 0.1) is 0 Å². The molecule has 0 saturated carbocycles. The lowest BCUT2D eigenvalue weighted by Crippen LogP contribution is -2.05. The molecule has 2 rings (SSSR count). The summed E-state index contributed by atoms with van der Waals surface area (Å²) >= 11 is 0. The Bertz CT molecular complexity index is 605. The second-order valence-corrected chi connectivity index (χ2v) is 6.42. The number of benzene rings is 2. The molecule has 0 saturated heterocycles. The molecule has 0 fully saturated rings. The van der Waals surface area contributed by atoms with Gasteiger partial charge in [-0.25, -0.2) is 0 Å². The summed E-state index contributed by atoms with van der Waals surface area (Å²) in [5.41, 5.74) is 3.26. The average Bonchev–Trinajstić information content (AvgIpc) is 2.67. The van der Waals surface area contributed by atoms with E-state index in [0.29, 0.717) is 18.7 Å². The second kappa shape index (κ2) is 11.4. The highest BCUT2D eigenvalue weighted by molar-refractivity contribution is 6.12. The maximum absolute atomic E-state index is 11.9. The number of hydrogen-bond donors (Lipinski definition) is 0. The van der Waals surface area contributed by atoms with Crippen molar-refractivity contribution in [1.82, 2.24) is 0 Å². The SMILES string of the molecule is CCCCCCC(=O)CCCN=C(c1ccccc1)c1ccccc1. The fourth-order valence-corrected chi connectivity index (χ4v) is 2.88. The zero-order valence-electron chi connectivity index (χ0n) is 15.3. The summed E-state index contributed by atoms with van der Waals surface area (Å²) in [5.74, 6) is 0.382. The Balaban J connectivity index is 1.90. The Labute approximate surface area is 152 Å². The number of rotatable bonds is 11. The smallest absolute Gasteiger partial charge is 0.132 e. The molecule has 0 atom stereocenters. The molecule has 0 amide bonds. The Hall–Kier alpha value is -2.22. The van der Waals surface area contributed by atoms with Gasteiger partial charge >= 0.3 is 0 Å². The molecule has 0 aromatic heterocycles. The Morgan fingerprint density at radius 2 is 1.32 bits per heavy atom. The second-order valence-electron chi connectivity index (χ2n) is 6.42. The lowest BCUT2D eigenvalue weighted by molar-refractivity contribution is -0.119. The van der Waals surface area contributed by atoms with Gasteiger partial charge < -0.3 is 0 Å². The number of hydrogen-bond acceptors (Lipinski definition) is 2. The highest BCUT2D eigenvalue weighted by atomic mass is 16.1. The van der Waals surface area contributed by atoms with Gasteiger partial charge in [-0.05, 0) is 12.8 Å². The van der Waals surface area contributed by atoms with E-state index in [1.807, 2.05) is 36.4 Å². The Kier molecular flexibility index (Phi) is 8.68. The summed E-state index contributed by atoms with van der Waals surface area (Å²) in [5, 5.41) is 0. The Morgan fingerprint density at radius 1 is 0.760 bits per heavy atom. The number of nitrogens with zero attached hydrogens (tertiary/aromatic N) is 1. The van der Waals surface area contributed by atoms with Gasteiger partial charge in [-0.1, -0.05) is 86.8 Å².